The Morgan fingerprint density at radius 2 is 1.62 bits per heavy atom. The van der Waals surface area contributed by atoms with Gasteiger partial charge in [-0.3, -0.25) is 4.79 Å². The quantitative estimate of drug-likeness (QED) is 0.785. The third-order valence-electron chi connectivity index (χ3n) is 5.89. The van der Waals surface area contributed by atoms with Crippen molar-refractivity contribution in [1.29, 1.82) is 0 Å². The Balaban J connectivity index is 2.44. The van der Waals surface area contributed by atoms with E-state index in [0.29, 0.717) is 12.0 Å². The lowest BCUT2D eigenvalue weighted by Gasteiger charge is -2.37. The van der Waals surface area contributed by atoms with Gasteiger partial charge in [-0.05, 0) is 61.8 Å². The topological polar surface area (TPSA) is 55.1 Å². The van der Waals surface area contributed by atoms with E-state index in [-0.39, 0.29) is 17.2 Å². The molecule has 0 unspecified atom stereocenters. The molecule has 0 aromatic carbocycles. The number of rotatable bonds is 6. The van der Waals surface area contributed by atoms with E-state index in [4.69, 9.17) is 5.73 Å². The molecule has 1 rings (SSSR count). The molecule has 0 aromatic heterocycles. The molecular weight excluding hydrogens is 260 g/mol. The molecule has 0 bridgehead atoms. The van der Waals surface area contributed by atoms with Gasteiger partial charge in [0, 0.05) is 12.5 Å². The van der Waals surface area contributed by atoms with Crippen molar-refractivity contribution in [3.05, 3.63) is 0 Å². The molecule has 0 atom stereocenters. The van der Waals surface area contributed by atoms with Crippen molar-refractivity contribution < 1.29 is 4.79 Å². The van der Waals surface area contributed by atoms with Crippen LogP contribution in [0.5, 0.6) is 0 Å². The molecule has 0 radical (unpaired) electrons. The average molecular weight is 296 g/mol. The summed E-state index contributed by atoms with van der Waals surface area (Å²) in [6, 6.07) is 0. The van der Waals surface area contributed by atoms with E-state index < -0.39 is 0 Å². The Hall–Kier alpha value is -0.570. The normalized spacial score (nSPS) is 23.9. The minimum Gasteiger partial charge on any atom is -0.355 e. The van der Waals surface area contributed by atoms with E-state index in [9.17, 15) is 4.79 Å². The SMILES string of the molecule is CCC(CC)(CN)CNC(=O)C1CCC(C(C)(C)C)CC1. The highest BCUT2D eigenvalue weighted by Gasteiger charge is 2.33. The zero-order chi connectivity index (χ0) is 16.1. The van der Waals surface area contributed by atoms with Gasteiger partial charge in [0.05, 0.1) is 0 Å². The second kappa shape index (κ2) is 7.62. The maximum absolute atomic E-state index is 12.4. The molecular formula is C18H36N2O. The van der Waals surface area contributed by atoms with Crippen LogP contribution in [0, 0.1) is 22.7 Å². The highest BCUT2D eigenvalue weighted by molar-refractivity contribution is 5.78. The first-order valence-electron chi connectivity index (χ1n) is 8.75. The van der Waals surface area contributed by atoms with Gasteiger partial charge >= 0.3 is 0 Å². The summed E-state index contributed by atoms with van der Waals surface area (Å²) in [6.07, 6.45) is 6.51. The molecule has 0 aromatic rings. The largest absolute Gasteiger partial charge is 0.355 e. The molecule has 3 nitrogen and oxygen atoms in total. The Morgan fingerprint density at radius 1 is 1.10 bits per heavy atom. The minimum atomic E-state index is 0.0816. The van der Waals surface area contributed by atoms with Crippen LogP contribution in [-0.2, 0) is 4.79 Å². The van der Waals surface area contributed by atoms with Crippen molar-refractivity contribution in [3.8, 4) is 0 Å². The summed E-state index contributed by atoms with van der Waals surface area (Å²) in [5, 5.41) is 3.18. The third-order valence-corrected chi connectivity index (χ3v) is 5.89. The van der Waals surface area contributed by atoms with Crippen molar-refractivity contribution in [2.45, 2.75) is 73.1 Å². The summed E-state index contributed by atoms with van der Waals surface area (Å²) >= 11 is 0. The summed E-state index contributed by atoms with van der Waals surface area (Å²) in [5.74, 6) is 1.23. The van der Waals surface area contributed by atoms with E-state index in [0.717, 1.165) is 38.1 Å². The Labute approximate surface area is 131 Å². The molecule has 124 valence electrons. The van der Waals surface area contributed by atoms with Crippen LogP contribution in [0.25, 0.3) is 0 Å². The zero-order valence-corrected chi connectivity index (χ0v) is 14.8. The van der Waals surface area contributed by atoms with Gasteiger partial charge in [0.25, 0.3) is 0 Å². The van der Waals surface area contributed by atoms with Gasteiger partial charge in [-0.2, -0.15) is 0 Å². The first kappa shape index (κ1) is 18.5. The maximum Gasteiger partial charge on any atom is 0.223 e. The number of carbonyl (C=O) groups excluding carboxylic acids is 1. The second-order valence-electron chi connectivity index (χ2n) is 8.04. The number of nitrogens with two attached hydrogens (primary N) is 1. The molecule has 1 aliphatic rings. The highest BCUT2D eigenvalue weighted by atomic mass is 16.1. The Morgan fingerprint density at radius 3 is 2.00 bits per heavy atom. The van der Waals surface area contributed by atoms with Crippen LogP contribution in [0.2, 0.25) is 0 Å². The van der Waals surface area contributed by atoms with Crippen LogP contribution < -0.4 is 11.1 Å². The van der Waals surface area contributed by atoms with Gasteiger partial charge in [0.2, 0.25) is 5.91 Å². The van der Waals surface area contributed by atoms with Gasteiger partial charge < -0.3 is 11.1 Å². The predicted molar refractivity (Wildman–Crippen MR) is 90.0 cm³/mol. The van der Waals surface area contributed by atoms with Crippen molar-refractivity contribution in [3.63, 3.8) is 0 Å². The van der Waals surface area contributed by atoms with E-state index in [1.54, 1.807) is 0 Å². The van der Waals surface area contributed by atoms with Gasteiger partial charge in [0.1, 0.15) is 0 Å². The smallest absolute Gasteiger partial charge is 0.223 e. The lowest BCUT2D eigenvalue weighted by molar-refractivity contribution is -0.127. The molecule has 0 saturated heterocycles. The standard InChI is InChI=1S/C18H36N2O/c1-6-18(7-2,12-19)13-20-16(21)14-8-10-15(11-9-14)17(3,4)5/h14-15H,6-13,19H2,1-5H3,(H,20,21). The van der Waals surface area contributed by atoms with Gasteiger partial charge in [-0.25, -0.2) is 0 Å². The molecule has 1 aliphatic carbocycles. The first-order valence-corrected chi connectivity index (χ1v) is 8.75. The Bertz CT molecular complexity index is 312. The summed E-state index contributed by atoms with van der Waals surface area (Å²) in [5.41, 5.74) is 6.37. The van der Waals surface area contributed by atoms with Gasteiger partial charge in [0.15, 0.2) is 0 Å². The second-order valence-corrected chi connectivity index (χ2v) is 8.04. The van der Waals surface area contributed by atoms with Crippen molar-refractivity contribution in [2.24, 2.45) is 28.4 Å². The minimum absolute atomic E-state index is 0.0816. The fraction of sp³-hybridized carbons (Fsp3) is 0.944. The molecule has 0 aliphatic heterocycles. The average Bonchev–Trinajstić information content (AvgIpc) is 2.48. The fourth-order valence-electron chi connectivity index (χ4n) is 3.50. The lowest BCUT2D eigenvalue weighted by atomic mass is 9.69. The molecule has 1 amide bonds. The molecule has 3 N–H and O–H groups in total. The number of amides is 1. The number of nitrogens with one attached hydrogen (secondary N) is 1. The molecule has 3 heteroatoms. The Kier molecular flexibility index (Phi) is 6.71. The first-order chi connectivity index (χ1) is 9.78. The van der Waals surface area contributed by atoms with Crippen molar-refractivity contribution in [1.82, 2.24) is 5.32 Å². The zero-order valence-electron chi connectivity index (χ0n) is 14.8. The monoisotopic (exact) mass is 296 g/mol. The van der Waals surface area contributed by atoms with Crippen LogP contribution in [-0.4, -0.2) is 19.0 Å². The van der Waals surface area contributed by atoms with Gasteiger partial charge in [-0.15, -0.1) is 0 Å². The molecule has 1 fully saturated rings. The summed E-state index contributed by atoms with van der Waals surface area (Å²) in [6.45, 7) is 12.7. The maximum atomic E-state index is 12.4. The molecule has 0 spiro atoms. The van der Waals surface area contributed by atoms with Crippen LogP contribution in [0.3, 0.4) is 0 Å². The summed E-state index contributed by atoms with van der Waals surface area (Å²) in [7, 11) is 0. The van der Waals surface area contributed by atoms with E-state index in [1.165, 1.54) is 12.8 Å². The highest BCUT2D eigenvalue weighted by Crippen LogP contribution is 2.39. The van der Waals surface area contributed by atoms with Crippen LogP contribution in [0.1, 0.15) is 73.1 Å². The van der Waals surface area contributed by atoms with E-state index >= 15 is 0 Å². The molecule has 0 heterocycles. The number of hydrogen-bond acceptors (Lipinski definition) is 2. The van der Waals surface area contributed by atoms with Crippen molar-refractivity contribution >= 4 is 5.91 Å². The number of carbonyl (C=O) groups is 1. The lowest BCUT2D eigenvalue weighted by Crippen LogP contribution is -2.44. The molecule has 1 saturated carbocycles. The van der Waals surface area contributed by atoms with Crippen LogP contribution >= 0.6 is 0 Å². The molecule has 21 heavy (non-hydrogen) atoms. The predicted octanol–water partition coefficient (Wildman–Crippen LogP) is 3.72. The fourth-order valence-corrected chi connectivity index (χ4v) is 3.50. The summed E-state index contributed by atoms with van der Waals surface area (Å²) < 4.78 is 0. The van der Waals surface area contributed by atoms with Crippen LogP contribution in [0.15, 0.2) is 0 Å². The van der Waals surface area contributed by atoms with E-state index in [2.05, 4.69) is 39.9 Å². The van der Waals surface area contributed by atoms with Crippen LogP contribution in [0.4, 0.5) is 0 Å². The summed E-state index contributed by atoms with van der Waals surface area (Å²) in [4.78, 5) is 12.4. The number of hydrogen-bond donors (Lipinski definition) is 2. The van der Waals surface area contributed by atoms with E-state index in [1.807, 2.05) is 0 Å². The third kappa shape index (κ3) is 4.98. The van der Waals surface area contributed by atoms with Crippen molar-refractivity contribution in [2.75, 3.05) is 13.1 Å². The van der Waals surface area contributed by atoms with Gasteiger partial charge in [-0.1, -0.05) is 34.6 Å².